The summed E-state index contributed by atoms with van der Waals surface area (Å²) in [7, 11) is 1.65. The van der Waals surface area contributed by atoms with Gasteiger partial charge in [0.15, 0.2) is 5.16 Å². The molecule has 0 aliphatic carbocycles. The van der Waals surface area contributed by atoms with Gasteiger partial charge in [0.2, 0.25) is 0 Å². The maximum Gasteiger partial charge on any atom is 0.195 e. The minimum Gasteiger partial charge on any atom is -0.497 e. The molecule has 1 heterocycles. The minimum absolute atomic E-state index is 0.845. The van der Waals surface area contributed by atoms with Gasteiger partial charge in [-0.3, -0.25) is 4.57 Å². The highest BCUT2D eigenvalue weighted by atomic mass is 32.2. The zero-order valence-corrected chi connectivity index (χ0v) is 9.36. The third kappa shape index (κ3) is 1.97. The van der Waals surface area contributed by atoms with Crippen molar-refractivity contribution in [3.63, 3.8) is 0 Å². The van der Waals surface area contributed by atoms with Crippen molar-refractivity contribution >= 4 is 11.8 Å². The molecule has 0 N–H and O–H groups in total. The largest absolute Gasteiger partial charge is 0.497 e. The Bertz CT molecular complexity index is 438. The third-order valence-corrected chi connectivity index (χ3v) is 2.69. The molecular weight excluding hydrogens is 210 g/mol. The molecule has 1 aromatic carbocycles. The van der Waals surface area contributed by atoms with E-state index in [-0.39, 0.29) is 0 Å². The molecule has 0 unspecified atom stereocenters. The Morgan fingerprint density at radius 1 is 1.27 bits per heavy atom. The van der Waals surface area contributed by atoms with E-state index in [0.29, 0.717) is 0 Å². The van der Waals surface area contributed by atoms with E-state index >= 15 is 0 Å². The normalized spacial score (nSPS) is 10.3. The number of methoxy groups -OCH3 is 1. The van der Waals surface area contributed by atoms with Gasteiger partial charge in [-0.1, -0.05) is 11.8 Å². The highest BCUT2D eigenvalue weighted by Crippen LogP contribution is 2.19. The van der Waals surface area contributed by atoms with Gasteiger partial charge in [-0.05, 0) is 30.5 Å². The molecule has 5 heteroatoms. The van der Waals surface area contributed by atoms with Gasteiger partial charge in [-0.25, -0.2) is 0 Å². The summed E-state index contributed by atoms with van der Waals surface area (Å²) in [5.41, 5.74) is 1.03. The van der Waals surface area contributed by atoms with Crippen molar-refractivity contribution in [2.45, 2.75) is 5.16 Å². The van der Waals surface area contributed by atoms with E-state index in [4.69, 9.17) is 4.74 Å². The van der Waals surface area contributed by atoms with E-state index in [1.165, 1.54) is 0 Å². The van der Waals surface area contributed by atoms with Crippen LogP contribution in [-0.4, -0.2) is 28.1 Å². The number of aromatic nitrogens is 3. The van der Waals surface area contributed by atoms with Crippen LogP contribution in [0.25, 0.3) is 5.69 Å². The number of nitrogens with zero attached hydrogens (tertiary/aromatic N) is 3. The molecule has 0 bridgehead atoms. The lowest BCUT2D eigenvalue weighted by molar-refractivity contribution is 0.414. The summed E-state index contributed by atoms with van der Waals surface area (Å²) < 4.78 is 7.03. The molecule has 78 valence electrons. The van der Waals surface area contributed by atoms with Gasteiger partial charge in [0, 0.05) is 5.69 Å². The molecule has 15 heavy (non-hydrogen) atoms. The fourth-order valence-corrected chi connectivity index (χ4v) is 1.76. The summed E-state index contributed by atoms with van der Waals surface area (Å²) in [6.45, 7) is 0. The molecule has 2 rings (SSSR count). The maximum atomic E-state index is 5.10. The first kappa shape index (κ1) is 10.0. The number of hydrogen-bond donors (Lipinski definition) is 0. The van der Waals surface area contributed by atoms with Crippen LogP contribution in [0.15, 0.2) is 35.7 Å². The van der Waals surface area contributed by atoms with Crippen LogP contribution in [0.5, 0.6) is 5.75 Å². The summed E-state index contributed by atoms with van der Waals surface area (Å²) in [4.78, 5) is 0. The highest BCUT2D eigenvalue weighted by molar-refractivity contribution is 7.98. The lowest BCUT2D eigenvalue weighted by Crippen LogP contribution is -1.94. The molecule has 1 aromatic heterocycles. The van der Waals surface area contributed by atoms with Crippen molar-refractivity contribution in [1.29, 1.82) is 0 Å². The van der Waals surface area contributed by atoms with Crippen LogP contribution >= 0.6 is 11.8 Å². The van der Waals surface area contributed by atoms with Crippen LogP contribution < -0.4 is 4.74 Å². The Morgan fingerprint density at radius 3 is 2.60 bits per heavy atom. The topological polar surface area (TPSA) is 39.9 Å². The first-order valence-electron chi connectivity index (χ1n) is 4.43. The molecule has 0 saturated heterocycles. The van der Waals surface area contributed by atoms with Crippen LogP contribution in [0.2, 0.25) is 0 Å². The Balaban J connectivity index is 2.37. The summed E-state index contributed by atoms with van der Waals surface area (Å²) in [6.07, 6.45) is 3.68. The average Bonchev–Trinajstić information content (AvgIpc) is 2.77. The first-order valence-corrected chi connectivity index (χ1v) is 5.66. The number of ether oxygens (including phenoxy) is 1. The molecule has 4 nitrogen and oxygen atoms in total. The van der Waals surface area contributed by atoms with E-state index in [2.05, 4.69) is 10.2 Å². The molecule has 2 aromatic rings. The van der Waals surface area contributed by atoms with Crippen LogP contribution in [-0.2, 0) is 0 Å². The molecule has 0 radical (unpaired) electrons. The predicted octanol–water partition coefficient (Wildman–Crippen LogP) is 2.00. The van der Waals surface area contributed by atoms with Gasteiger partial charge >= 0.3 is 0 Å². The predicted molar refractivity (Wildman–Crippen MR) is 59.7 cm³/mol. The van der Waals surface area contributed by atoms with E-state index in [9.17, 15) is 0 Å². The SMILES string of the molecule is COc1ccc(-n2cnnc2SC)cc1. The molecule has 0 atom stereocenters. The van der Waals surface area contributed by atoms with E-state index in [1.807, 2.05) is 35.1 Å². The van der Waals surface area contributed by atoms with E-state index in [1.54, 1.807) is 25.2 Å². The summed E-state index contributed by atoms with van der Waals surface area (Å²) in [5.74, 6) is 0.845. The van der Waals surface area contributed by atoms with E-state index < -0.39 is 0 Å². The Hall–Kier alpha value is -1.49. The van der Waals surface area contributed by atoms with Crippen molar-refractivity contribution in [2.24, 2.45) is 0 Å². The average molecular weight is 221 g/mol. The van der Waals surface area contributed by atoms with Gasteiger partial charge in [-0.2, -0.15) is 0 Å². The molecule has 0 fully saturated rings. The lowest BCUT2D eigenvalue weighted by atomic mass is 10.3. The Labute approximate surface area is 92.3 Å². The van der Waals surface area contributed by atoms with Crippen LogP contribution in [0.3, 0.4) is 0 Å². The van der Waals surface area contributed by atoms with Gasteiger partial charge in [-0.15, -0.1) is 10.2 Å². The van der Waals surface area contributed by atoms with Crippen LogP contribution in [0.1, 0.15) is 0 Å². The zero-order valence-electron chi connectivity index (χ0n) is 8.54. The Kier molecular flexibility index (Phi) is 2.91. The van der Waals surface area contributed by atoms with Gasteiger partial charge in [0.05, 0.1) is 7.11 Å². The van der Waals surface area contributed by atoms with Crippen molar-refractivity contribution in [3.8, 4) is 11.4 Å². The second kappa shape index (κ2) is 4.35. The molecule has 0 saturated carbocycles. The number of rotatable bonds is 3. The van der Waals surface area contributed by atoms with Crippen molar-refractivity contribution in [2.75, 3.05) is 13.4 Å². The quantitative estimate of drug-likeness (QED) is 0.743. The lowest BCUT2D eigenvalue weighted by Gasteiger charge is -2.05. The fourth-order valence-electron chi connectivity index (χ4n) is 1.28. The Morgan fingerprint density at radius 2 is 2.00 bits per heavy atom. The molecule has 0 aliphatic rings. The summed E-state index contributed by atoms with van der Waals surface area (Å²) >= 11 is 1.56. The zero-order chi connectivity index (χ0) is 10.7. The number of thioether (sulfide) groups is 1. The monoisotopic (exact) mass is 221 g/mol. The third-order valence-electron chi connectivity index (χ3n) is 2.05. The second-order valence-electron chi connectivity index (χ2n) is 2.89. The van der Waals surface area contributed by atoms with E-state index in [0.717, 1.165) is 16.6 Å². The fraction of sp³-hybridized carbons (Fsp3) is 0.200. The number of hydrogen-bond acceptors (Lipinski definition) is 4. The molecule has 0 spiro atoms. The number of benzene rings is 1. The minimum atomic E-state index is 0.845. The van der Waals surface area contributed by atoms with Crippen molar-refractivity contribution in [1.82, 2.24) is 14.8 Å². The smallest absolute Gasteiger partial charge is 0.195 e. The summed E-state index contributed by atoms with van der Waals surface area (Å²) in [5, 5.41) is 8.75. The van der Waals surface area contributed by atoms with Gasteiger partial charge in [0.25, 0.3) is 0 Å². The standard InChI is InChI=1S/C10H11N3OS/c1-14-9-5-3-8(4-6-9)13-7-11-12-10(13)15-2/h3-7H,1-2H3. The van der Waals surface area contributed by atoms with Crippen molar-refractivity contribution < 1.29 is 4.74 Å². The second-order valence-corrected chi connectivity index (χ2v) is 3.66. The maximum absolute atomic E-state index is 5.10. The van der Waals surface area contributed by atoms with Crippen LogP contribution in [0.4, 0.5) is 0 Å². The molecule has 0 amide bonds. The van der Waals surface area contributed by atoms with Crippen molar-refractivity contribution in [3.05, 3.63) is 30.6 Å². The first-order chi connectivity index (χ1) is 7.35. The van der Waals surface area contributed by atoms with Crippen LogP contribution in [0, 0.1) is 0 Å². The summed E-state index contributed by atoms with van der Waals surface area (Å²) in [6, 6.07) is 7.78. The highest BCUT2D eigenvalue weighted by Gasteiger charge is 2.04. The van der Waals surface area contributed by atoms with Gasteiger partial charge in [0.1, 0.15) is 12.1 Å². The molecule has 0 aliphatic heterocycles. The molecular formula is C10H11N3OS. The van der Waals surface area contributed by atoms with Gasteiger partial charge < -0.3 is 4.74 Å².